The minimum absolute atomic E-state index is 0.0255. The number of rotatable bonds is 4. The third kappa shape index (κ3) is 3.12. The van der Waals surface area contributed by atoms with Crippen LogP contribution in [0.2, 0.25) is 0 Å². The lowest BCUT2D eigenvalue weighted by molar-refractivity contribution is 0.298. The highest BCUT2D eigenvalue weighted by Gasteiger charge is 2.07. The monoisotopic (exact) mass is 349 g/mol. The van der Waals surface area contributed by atoms with Gasteiger partial charge in [-0.25, -0.2) is 4.68 Å². The Balaban J connectivity index is 1.58. The highest BCUT2D eigenvalue weighted by Crippen LogP contribution is 2.22. The van der Waals surface area contributed by atoms with Crippen molar-refractivity contribution in [1.82, 2.24) is 24.5 Å². The van der Waals surface area contributed by atoms with Gasteiger partial charge in [-0.15, -0.1) is 0 Å². The molecular weight excluding hydrogens is 334 g/mol. The van der Waals surface area contributed by atoms with E-state index in [9.17, 15) is 9.90 Å². The van der Waals surface area contributed by atoms with Crippen LogP contribution < -0.4 is 10.2 Å². The van der Waals surface area contributed by atoms with Crippen LogP contribution in [0.4, 0.5) is 0 Å². The van der Waals surface area contributed by atoms with E-state index in [0.717, 1.165) is 16.6 Å². The number of hydrogen-bond donors (Lipinski definition) is 1. The fourth-order valence-electron chi connectivity index (χ4n) is 2.56. The summed E-state index contributed by atoms with van der Waals surface area (Å²) >= 11 is 0. The number of benzene rings is 1. The van der Waals surface area contributed by atoms with Gasteiger partial charge in [-0.2, -0.15) is 10.2 Å². The molecule has 1 aromatic carbocycles. The predicted molar refractivity (Wildman–Crippen MR) is 94.3 cm³/mol. The van der Waals surface area contributed by atoms with Gasteiger partial charge in [0, 0.05) is 24.7 Å². The average Bonchev–Trinajstić information content (AvgIpc) is 3.07. The van der Waals surface area contributed by atoms with Crippen molar-refractivity contribution >= 4 is 10.9 Å². The van der Waals surface area contributed by atoms with Crippen molar-refractivity contribution in [2.75, 3.05) is 0 Å². The van der Waals surface area contributed by atoms with Crippen LogP contribution in [-0.2, 0) is 13.7 Å². The second kappa shape index (κ2) is 6.32. The van der Waals surface area contributed by atoms with Gasteiger partial charge in [-0.3, -0.25) is 14.5 Å². The lowest BCUT2D eigenvalue weighted by atomic mass is 10.2. The molecule has 0 bridgehead atoms. The summed E-state index contributed by atoms with van der Waals surface area (Å²) in [6, 6.07) is 8.35. The second-order valence-electron chi connectivity index (χ2n) is 5.78. The Labute approximate surface area is 147 Å². The van der Waals surface area contributed by atoms with Crippen LogP contribution in [0.3, 0.4) is 0 Å². The number of aromatic nitrogens is 5. The Kier molecular flexibility index (Phi) is 3.85. The van der Waals surface area contributed by atoms with Gasteiger partial charge < -0.3 is 9.84 Å². The van der Waals surface area contributed by atoms with Crippen molar-refractivity contribution < 1.29 is 9.84 Å². The summed E-state index contributed by atoms with van der Waals surface area (Å²) in [5.74, 6) is 0.640. The van der Waals surface area contributed by atoms with Crippen LogP contribution >= 0.6 is 0 Å². The van der Waals surface area contributed by atoms with Crippen LogP contribution in [0.1, 0.15) is 5.69 Å². The van der Waals surface area contributed by atoms with Gasteiger partial charge in [0.1, 0.15) is 29.5 Å². The third-order valence-electron chi connectivity index (χ3n) is 3.85. The van der Waals surface area contributed by atoms with E-state index in [-0.39, 0.29) is 23.5 Å². The number of hydrogen-bond acceptors (Lipinski definition) is 6. The van der Waals surface area contributed by atoms with Crippen molar-refractivity contribution in [3.63, 3.8) is 0 Å². The lowest BCUT2D eigenvalue weighted by Gasteiger charge is -2.08. The molecule has 0 fully saturated rings. The minimum Gasteiger partial charge on any atom is -0.506 e. The molecular formula is C18H15N5O3. The molecule has 0 aliphatic carbocycles. The Morgan fingerprint density at radius 3 is 2.88 bits per heavy atom. The standard InChI is InChI=1S/C18H15N5O3/c1-22-10-13(8-20-22)23-5-4-18(25)17(21-23)11-26-15-2-3-16-12(7-15)6-14(24)9-19-16/h2-10,24H,11H2,1H3. The normalized spacial score (nSPS) is 11.0. The topological polar surface area (TPSA) is 95.1 Å². The Morgan fingerprint density at radius 2 is 2.08 bits per heavy atom. The molecule has 0 saturated carbocycles. The summed E-state index contributed by atoms with van der Waals surface area (Å²) in [5.41, 5.74) is 1.57. The van der Waals surface area contributed by atoms with Gasteiger partial charge in [0.05, 0.1) is 24.1 Å². The third-order valence-corrected chi connectivity index (χ3v) is 3.85. The van der Waals surface area contributed by atoms with Crippen LogP contribution in [0.25, 0.3) is 16.6 Å². The fraction of sp³-hybridized carbons (Fsp3) is 0.111. The highest BCUT2D eigenvalue weighted by atomic mass is 16.5. The molecule has 3 aromatic heterocycles. The van der Waals surface area contributed by atoms with Crippen molar-refractivity contribution in [1.29, 1.82) is 0 Å². The van der Waals surface area contributed by atoms with Gasteiger partial charge in [-0.05, 0) is 24.3 Å². The lowest BCUT2D eigenvalue weighted by Crippen LogP contribution is -2.17. The number of aryl methyl sites for hydroxylation is 1. The first-order valence-electron chi connectivity index (χ1n) is 7.88. The number of nitrogens with zero attached hydrogens (tertiary/aromatic N) is 5. The maximum atomic E-state index is 12.1. The molecule has 0 aliphatic rings. The summed E-state index contributed by atoms with van der Waals surface area (Å²) in [7, 11) is 1.81. The number of fused-ring (bicyclic) bond motifs is 1. The molecule has 4 aromatic rings. The Morgan fingerprint density at radius 1 is 1.19 bits per heavy atom. The van der Waals surface area contributed by atoms with E-state index in [1.807, 2.05) is 7.05 Å². The minimum atomic E-state index is -0.203. The van der Waals surface area contributed by atoms with E-state index in [4.69, 9.17) is 4.74 Å². The number of aromatic hydroxyl groups is 1. The highest BCUT2D eigenvalue weighted by molar-refractivity contribution is 5.81. The molecule has 0 amide bonds. The van der Waals surface area contributed by atoms with Gasteiger partial charge in [0.25, 0.3) is 0 Å². The molecule has 3 heterocycles. The zero-order chi connectivity index (χ0) is 18.1. The van der Waals surface area contributed by atoms with Gasteiger partial charge >= 0.3 is 0 Å². The van der Waals surface area contributed by atoms with E-state index in [0.29, 0.717) is 5.75 Å². The van der Waals surface area contributed by atoms with Crippen LogP contribution in [0.15, 0.2) is 59.9 Å². The van der Waals surface area contributed by atoms with E-state index >= 15 is 0 Å². The largest absolute Gasteiger partial charge is 0.506 e. The molecule has 0 atom stereocenters. The Bertz CT molecular complexity index is 1150. The van der Waals surface area contributed by atoms with Crippen LogP contribution in [-0.4, -0.2) is 29.7 Å². The van der Waals surface area contributed by atoms with Gasteiger partial charge in [0.15, 0.2) is 0 Å². The first-order valence-corrected chi connectivity index (χ1v) is 7.88. The van der Waals surface area contributed by atoms with Crippen molar-refractivity contribution in [2.24, 2.45) is 7.05 Å². The Hall–Kier alpha value is -3.68. The molecule has 130 valence electrons. The zero-order valence-corrected chi connectivity index (χ0v) is 13.9. The average molecular weight is 349 g/mol. The zero-order valence-electron chi connectivity index (χ0n) is 13.9. The molecule has 8 nitrogen and oxygen atoms in total. The second-order valence-corrected chi connectivity index (χ2v) is 5.78. The molecule has 0 spiro atoms. The molecule has 1 N–H and O–H groups in total. The molecule has 0 aliphatic heterocycles. The predicted octanol–water partition coefficient (Wildman–Crippen LogP) is 1.80. The van der Waals surface area contributed by atoms with Crippen LogP contribution in [0.5, 0.6) is 11.5 Å². The maximum Gasteiger partial charge on any atom is 0.206 e. The maximum absolute atomic E-state index is 12.1. The van der Waals surface area contributed by atoms with E-state index in [2.05, 4.69) is 15.2 Å². The first-order chi connectivity index (χ1) is 12.6. The SMILES string of the molecule is Cn1cc(-n2ccc(=O)c(COc3ccc4ncc(O)cc4c3)n2)cn1. The summed E-state index contributed by atoms with van der Waals surface area (Å²) < 4.78 is 8.95. The summed E-state index contributed by atoms with van der Waals surface area (Å²) in [5, 5.41) is 18.7. The summed E-state index contributed by atoms with van der Waals surface area (Å²) in [6.07, 6.45) is 6.43. The first kappa shape index (κ1) is 15.8. The van der Waals surface area contributed by atoms with Gasteiger partial charge in [-0.1, -0.05) is 0 Å². The molecule has 4 rings (SSSR count). The van der Waals surface area contributed by atoms with E-state index in [1.54, 1.807) is 52.2 Å². The summed E-state index contributed by atoms with van der Waals surface area (Å²) in [6.45, 7) is 0.0255. The van der Waals surface area contributed by atoms with E-state index in [1.165, 1.54) is 12.3 Å². The number of pyridine rings is 1. The molecule has 0 unspecified atom stereocenters. The summed E-state index contributed by atoms with van der Waals surface area (Å²) in [4.78, 5) is 16.2. The quantitative estimate of drug-likeness (QED) is 0.604. The smallest absolute Gasteiger partial charge is 0.206 e. The van der Waals surface area contributed by atoms with Crippen molar-refractivity contribution in [3.05, 3.63) is 71.0 Å². The fourth-order valence-corrected chi connectivity index (χ4v) is 2.56. The van der Waals surface area contributed by atoms with E-state index < -0.39 is 0 Å². The van der Waals surface area contributed by atoms with Crippen molar-refractivity contribution in [2.45, 2.75) is 6.61 Å². The number of ether oxygens (including phenoxy) is 1. The van der Waals surface area contributed by atoms with Gasteiger partial charge in [0.2, 0.25) is 5.43 Å². The molecule has 8 heteroatoms. The van der Waals surface area contributed by atoms with Crippen LogP contribution in [0, 0.1) is 0 Å². The molecule has 0 saturated heterocycles. The van der Waals surface area contributed by atoms with Crippen molar-refractivity contribution in [3.8, 4) is 17.2 Å². The molecule has 26 heavy (non-hydrogen) atoms. The molecule has 0 radical (unpaired) electrons.